The molecule has 1 saturated heterocycles. The minimum Gasteiger partial charge on any atom is -0.341 e. The van der Waals surface area contributed by atoms with Crippen LogP contribution in [0.2, 0.25) is 0 Å². The summed E-state index contributed by atoms with van der Waals surface area (Å²) >= 11 is 1.59. The third-order valence-electron chi connectivity index (χ3n) is 3.74. The summed E-state index contributed by atoms with van der Waals surface area (Å²) in [7, 11) is -1.18. The van der Waals surface area contributed by atoms with E-state index < -0.39 is 15.9 Å². The molecule has 0 aliphatic carbocycles. The zero-order valence-corrected chi connectivity index (χ0v) is 13.1. The number of rotatable bonds is 4. The highest BCUT2D eigenvalue weighted by molar-refractivity contribution is 7.91. The molecule has 112 valence electrons. The van der Waals surface area contributed by atoms with E-state index >= 15 is 0 Å². The summed E-state index contributed by atoms with van der Waals surface area (Å²) < 4.78 is 22.8. The average molecular weight is 316 g/mol. The van der Waals surface area contributed by atoms with Gasteiger partial charge in [-0.1, -0.05) is 6.07 Å². The zero-order chi connectivity index (χ0) is 14.8. The van der Waals surface area contributed by atoms with Gasteiger partial charge in [0.25, 0.3) is 0 Å². The number of thiophene rings is 1. The van der Waals surface area contributed by atoms with E-state index in [-0.39, 0.29) is 23.5 Å². The normalized spacial score (nSPS) is 20.5. The van der Waals surface area contributed by atoms with Crippen LogP contribution in [0, 0.1) is 0 Å². The molecule has 1 amide bonds. The van der Waals surface area contributed by atoms with Crippen LogP contribution in [-0.2, 0) is 21.1 Å². The number of amides is 1. The Bertz CT molecular complexity index is 540. The fraction of sp³-hybridized carbons (Fsp3) is 0.615. The first-order chi connectivity index (χ1) is 9.39. The van der Waals surface area contributed by atoms with E-state index in [1.807, 2.05) is 17.5 Å². The van der Waals surface area contributed by atoms with Crippen LogP contribution in [0.5, 0.6) is 0 Å². The van der Waals surface area contributed by atoms with Crippen LogP contribution >= 0.6 is 11.3 Å². The summed E-state index contributed by atoms with van der Waals surface area (Å²) in [6.07, 6.45) is 1.55. The smallest absolute Gasteiger partial charge is 0.239 e. The fourth-order valence-electron chi connectivity index (χ4n) is 2.44. The summed E-state index contributed by atoms with van der Waals surface area (Å²) in [4.78, 5) is 15.0. The number of carbonyl (C=O) groups is 1. The minimum atomic E-state index is -2.90. The monoisotopic (exact) mass is 316 g/mol. The summed E-state index contributed by atoms with van der Waals surface area (Å²) in [5.41, 5.74) is 5.97. The number of hydrogen-bond donors (Lipinski definition) is 1. The van der Waals surface area contributed by atoms with Gasteiger partial charge in [-0.05, 0) is 24.3 Å². The van der Waals surface area contributed by atoms with Crippen molar-refractivity contribution in [3.8, 4) is 0 Å². The number of carbonyl (C=O) groups excluding carboxylic acids is 1. The third kappa shape index (κ3) is 3.80. The van der Waals surface area contributed by atoms with Gasteiger partial charge in [0.15, 0.2) is 0 Å². The molecule has 2 heterocycles. The van der Waals surface area contributed by atoms with Gasteiger partial charge in [0.2, 0.25) is 5.91 Å². The van der Waals surface area contributed by atoms with Gasteiger partial charge in [-0.2, -0.15) is 0 Å². The molecule has 2 rings (SSSR count). The van der Waals surface area contributed by atoms with Crippen molar-refractivity contribution in [2.75, 3.05) is 18.6 Å². The van der Waals surface area contributed by atoms with Gasteiger partial charge in [0.1, 0.15) is 9.84 Å². The summed E-state index contributed by atoms with van der Waals surface area (Å²) in [6.45, 7) is 0. The van der Waals surface area contributed by atoms with Crippen LogP contribution in [0.15, 0.2) is 17.5 Å². The van der Waals surface area contributed by atoms with Gasteiger partial charge in [0.05, 0.1) is 17.5 Å². The second-order valence-corrected chi connectivity index (χ2v) is 8.56. The lowest BCUT2D eigenvalue weighted by Gasteiger charge is -2.32. The van der Waals surface area contributed by atoms with Gasteiger partial charge in [-0.25, -0.2) is 8.42 Å². The summed E-state index contributed by atoms with van der Waals surface area (Å²) in [5.74, 6) is 0.216. The van der Waals surface area contributed by atoms with Crippen molar-refractivity contribution in [3.05, 3.63) is 22.4 Å². The highest BCUT2D eigenvalue weighted by Gasteiger charge is 2.30. The first kappa shape index (κ1) is 15.5. The second-order valence-electron chi connectivity index (χ2n) is 5.22. The molecular weight excluding hydrogens is 296 g/mol. The quantitative estimate of drug-likeness (QED) is 0.884. The number of sulfone groups is 1. The first-order valence-corrected chi connectivity index (χ1v) is 9.34. The van der Waals surface area contributed by atoms with Crippen LogP contribution in [0.4, 0.5) is 0 Å². The molecule has 0 saturated carbocycles. The van der Waals surface area contributed by atoms with Crippen molar-refractivity contribution in [1.29, 1.82) is 0 Å². The second kappa shape index (κ2) is 6.24. The highest BCUT2D eigenvalue weighted by atomic mass is 32.2. The van der Waals surface area contributed by atoms with E-state index in [1.54, 1.807) is 23.3 Å². The molecule has 1 aromatic rings. The number of nitrogens with zero attached hydrogens (tertiary/aromatic N) is 1. The van der Waals surface area contributed by atoms with Crippen LogP contribution in [0.1, 0.15) is 17.7 Å². The molecule has 0 radical (unpaired) electrons. The van der Waals surface area contributed by atoms with E-state index in [4.69, 9.17) is 5.73 Å². The van der Waals surface area contributed by atoms with E-state index in [0.717, 1.165) is 4.88 Å². The van der Waals surface area contributed by atoms with Gasteiger partial charge >= 0.3 is 0 Å². The molecule has 7 heteroatoms. The molecule has 0 aromatic carbocycles. The number of nitrogens with two attached hydrogens (primary N) is 1. The molecule has 0 spiro atoms. The number of likely N-dealkylation sites (N-methyl/N-ethyl adjacent to an activating group) is 1. The SMILES string of the molecule is CN(C(=O)C(N)Cc1cccs1)C1CCS(=O)(=O)CC1. The molecule has 0 bridgehead atoms. The maximum absolute atomic E-state index is 12.3. The fourth-order valence-corrected chi connectivity index (χ4v) is 4.67. The lowest BCUT2D eigenvalue weighted by atomic mass is 10.1. The Morgan fingerprint density at radius 2 is 2.15 bits per heavy atom. The molecular formula is C13H20N2O3S2. The van der Waals surface area contributed by atoms with Gasteiger partial charge in [-0.3, -0.25) is 4.79 Å². The van der Waals surface area contributed by atoms with Gasteiger partial charge in [-0.15, -0.1) is 11.3 Å². The van der Waals surface area contributed by atoms with Crippen molar-refractivity contribution < 1.29 is 13.2 Å². The van der Waals surface area contributed by atoms with Crippen LogP contribution in [-0.4, -0.2) is 49.9 Å². The zero-order valence-electron chi connectivity index (χ0n) is 11.5. The molecule has 20 heavy (non-hydrogen) atoms. The van der Waals surface area contributed by atoms with E-state index in [9.17, 15) is 13.2 Å². The van der Waals surface area contributed by atoms with Crippen LogP contribution in [0.25, 0.3) is 0 Å². The van der Waals surface area contributed by atoms with Crippen molar-refractivity contribution in [2.24, 2.45) is 5.73 Å². The van der Waals surface area contributed by atoms with Gasteiger partial charge in [0, 0.05) is 24.4 Å². The standard InChI is InChI=1S/C13H20N2O3S2/c1-15(10-4-7-20(17,18)8-5-10)13(16)12(14)9-11-3-2-6-19-11/h2-3,6,10,12H,4-5,7-9,14H2,1H3. The predicted molar refractivity (Wildman–Crippen MR) is 80.4 cm³/mol. The maximum atomic E-state index is 12.3. The third-order valence-corrected chi connectivity index (χ3v) is 6.35. The predicted octanol–water partition coefficient (Wildman–Crippen LogP) is 0.653. The Morgan fingerprint density at radius 3 is 2.70 bits per heavy atom. The highest BCUT2D eigenvalue weighted by Crippen LogP contribution is 2.18. The van der Waals surface area contributed by atoms with Crippen molar-refractivity contribution in [2.45, 2.75) is 31.3 Å². The molecule has 1 fully saturated rings. The molecule has 1 unspecified atom stereocenters. The lowest BCUT2D eigenvalue weighted by Crippen LogP contribution is -2.49. The largest absolute Gasteiger partial charge is 0.341 e. The van der Waals surface area contributed by atoms with Crippen LogP contribution < -0.4 is 5.73 Å². The molecule has 1 atom stereocenters. The van der Waals surface area contributed by atoms with Gasteiger partial charge < -0.3 is 10.6 Å². The Balaban J connectivity index is 1.91. The Hall–Kier alpha value is -0.920. The van der Waals surface area contributed by atoms with E-state index in [0.29, 0.717) is 19.3 Å². The van der Waals surface area contributed by atoms with E-state index in [2.05, 4.69) is 0 Å². The molecule has 5 nitrogen and oxygen atoms in total. The minimum absolute atomic E-state index is 0.0135. The number of hydrogen-bond acceptors (Lipinski definition) is 5. The Kier molecular flexibility index (Phi) is 4.82. The summed E-state index contributed by atoms with van der Waals surface area (Å²) in [6, 6.07) is 3.33. The van der Waals surface area contributed by atoms with E-state index in [1.165, 1.54) is 0 Å². The van der Waals surface area contributed by atoms with Crippen molar-refractivity contribution in [1.82, 2.24) is 4.90 Å². The average Bonchev–Trinajstić information content (AvgIpc) is 2.90. The molecule has 2 N–H and O–H groups in total. The van der Waals surface area contributed by atoms with Crippen molar-refractivity contribution in [3.63, 3.8) is 0 Å². The maximum Gasteiger partial charge on any atom is 0.239 e. The van der Waals surface area contributed by atoms with Crippen LogP contribution in [0.3, 0.4) is 0 Å². The summed E-state index contributed by atoms with van der Waals surface area (Å²) in [5, 5.41) is 1.96. The topological polar surface area (TPSA) is 80.5 Å². The van der Waals surface area contributed by atoms with Crippen molar-refractivity contribution >= 4 is 27.1 Å². The molecule has 1 aliphatic heterocycles. The first-order valence-electron chi connectivity index (χ1n) is 6.64. The Labute approximate surface area is 123 Å². The molecule has 1 aliphatic rings. The lowest BCUT2D eigenvalue weighted by molar-refractivity contribution is -0.133. The Morgan fingerprint density at radius 1 is 1.50 bits per heavy atom. The molecule has 1 aromatic heterocycles.